The van der Waals surface area contributed by atoms with E-state index >= 15 is 0 Å². The zero-order valence-electron chi connectivity index (χ0n) is 17.6. The zero-order valence-corrected chi connectivity index (χ0v) is 18.4. The van der Waals surface area contributed by atoms with Crippen LogP contribution in [0.15, 0.2) is 53.4 Å². The van der Waals surface area contributed by atoms with Gasteiger partial charge in [-0.2, -0.15) is 21.6 Å². The summed E-state index contributed by atoms with van der Waals surface area (Å²) in [6.07, 6.45) is -4.68. The van der Waals surface area contributed by atoms with Crippen molar-refractivity contribution in [1.29, 1.82) is 0 Å². The molecule has 0 radical (unpaired) electrons. The standard InChI is InChI=1S/C21H25F3N2O4S/c1-14(2)25-20(27)26(15(3)4)13-16-7-5-9-18(11-16)30-31(28,29)19-10-6-8-17(12-19)21(22,23)24/h5-12,14-15H,13H2,1-4H3,(H,25,27). The number of hydrogen-bond acceptors (Lipinski definition) is 4. The monoisotopic (exact) mass is 458 g/mol. The summed E-state index contributed by atoms with van der Waals surface area (Å²) < 4.78 is 68.7. The van der Waals surface area contributed by atoms with Crippen LogP contribution in [-0.2, 0) is 22.8 Å². The number of alkyl halides is 3. The highest BCUT2D eigenvalue weighted by Gasteiger charge is 2.32. The third kappa shape index (κ3) is 6.88. The normalized spacial score (nSPS) is 12.2. The second-order valence-corrected chi connectivity index (χ2v) is 9.08. The van der Waals surface area contributed by atoms with E-state index in [9.17, 15) is 26.4 Å². The van der Waals surface area contributed by atoms with Crippen molar-refractivity contribution in [3.8, 4) is 5.75 Å². The fraction of sp³-hybridized carbons (Fsp3) is 0.381. The molecule has 0 bridgehead atoms. The van der Waals surface area contributed by atoms with E-state index in [4.69, 9.17) is 4.18 Å². The van der Waals surface area contributed by atoms with Crippen LogP contribution in [0.25, 0.3) is 0 Å². The molecule has 0 fully saturated rings. The van der Waals surface area contributed by atoms with Gasteiger partial charge in [0, 0.05) is 18.6 Å². The number of carbonyl (C=O) groups is 1. The summed E-state index contributed by atoms with van der Waals surface area (Å²) in [5.41, 5.74) is -0.487. The molecule has 6 nitrogen and oxygen atoms in total. The third-order valence-electron chi connectivity index (χ3n) is 4.20. The van der Waals surface area contributed by atoms with Crippen molar-refractivity contribution >= 4 is 16.1 Å². The maximum atomic E-state index is 12.9. The molecule has 0 saturated carbocycles. The predicted octanol–water partition coefficient (Wildman–Crippen LogP) is 4.80. The van der Waals surface area contributed by atoms with Crippen molar-refractivity contribution < 1.29 is 30.6 Å². The molecule has 0 aliphatic heterocycles. The van der Waals surface area contributed by atoms with Crippen molar-refractivity contribution in [2.45, 2.75) is 57.4 Å². The Bertz CT molecular complexity index is 1020. The smallest absolute Gasteiger partial charge is 0.379 e. The number of halogens is 3. The van der Waals surface area contributed by atoms with E-state index in [0.717, 1.165) is 18.2 Å². The maximum absolute atomic E-state index is 12.9. The first-order chi connectivity index (χ1) is 14.3. The fourth-order valence-corrected chi connectivity index (χ4v) is 3.68. The molecule has 0 saturated heterocycles. The van der Waals surface area contributed by atoms with E-state index < -0.39 is 26.8 Å². The van der Waals surface area contributed by atoms with E-state index in [1.54, 1.807) is 17.0 Å². The lowest BCUT2D eigenvalue weighted by atomic mass is 10.2. The van der Waals surface area contributed by atoms with Crippen molar-refractivity contribution in [2.24, 2.45) is 0 Å². The largest absolute Gasteiger partial charge is 0.416 e. The van der Waals surface area contributed by atoms with Crippen LogP contribution in [0.5, 0.6) is 5.75 Å². The van der Waals surface area contributed by atoms with E-state index in [1.807, 2.05) is 27.7 Å². The van der Waals surface area contributed by atoms with Gasteiger partial charge in [-0.05, 0) is 63.6 Å². The first-order valence-electron chi connectivity index (χ1n) is 9.57. The molecule has 0 unspecified atom stereocenters. The van der Waals surface area contributed by atoms with Crippen LogP contribution in [-0.4, -0.2) is 31.4 Å². The SMILES string of the molecule is CC(C)NC(=O)N(Cc1cccc(OS(=O)(=O)c2cccc(C(F)(F)F)c2)c1)C(C)C. The van der Waals surface area contributed by atoms with Crippen LogP contribution in [0, 0.1) is 0 Å². The van der Waals surface area contributed by atoms with Gasteiger partial charge in [0.2, 0.25) is 0 Å². The summed E-state index contributed by atoms with van der Waals surface area (Å²) in [7, 11) is -4.48. The number of rotatable bonds is 7. The minimum atomic E-state index is -4.68. The Morgan fingerprint density at radius 1 is 1.06 bits per heavy atom. The second-order valence-electron chi connectivity index (χ2n) is 7.54. The molecular formula is C21H25F3N2O4S. The summed E-state index contributed by atoms with van der Waals surface area (Å²) in [5.74, 6) is -0.0668. The number of benzene rings is 2. The molecule has 0 spiro atoms. The molecular weight excluding hydrogens is 433 g/mol. The highest BCUT2D eigenvalue weighted by molar-refractivity contribution is 7.87. The Morgan fingerprint density at radius 2 is 1.71 bits per heavy atom. The number of hydrogen-bond donors (Lipinski definition) is 1. The lowest BCUT2D eigenvalue weighted by Gasteiger charge is -2.28. The van der Waals surface area contributed by atoms with Gasteiger partial charge >= 0.3 is 22.3 Å². The van der Waals surface area contributed by atoms with Crippen molar-refractivity contribution in [3.63, 3.8) is 0 Å². The van der Waals surface area contributed by atoms with Gasteiger partial charge in [-0.1, -0.05) is 18.2 Å². The quantitative estimate of drug-likeness (QED) is 0.605. The lowest BCUT2D eigenvalue weighted by molar-refractivity contribution is -0.137. The molecule has 0 aliphatic rings. The number of nitrogens with zero attached hydrogens (tertiary/aromatic N) is 1. The Kier molecular flexibility index (Phi) is 7.58. The molecule has 2 amide bonds. The van der Waals surface area contributed by atoms with Gasteiger partial charge < -0.3 is 14.4 Å². The highest BCUT2D eigenvalue weighted by Crippen LogP contribution is 2.31. The third-order valence-corrected chi connectivity index (χ3v) is 5.45. The van der Waals surface area contributed by atoms with Crippen LogP contribution in [0.2, 0.25) is 0 Å². The summed E-state index contributed by atoms with van der Waals surface area (Å²) in [6.45, 7) is 7.56. The first-order valence-corrected chi connectivity index (χ1v) is 11.0. The van der Waals surface area contributed by atoms with Crippen molar-refractivity contribution in [1.82, 2.24) is 10.2 Å². The summed E-state index contributed by atoms with van der Waals surface area (Å²) in [6, 6.07) is 8.94. The molecule has 2 aromatic rings. The number of amides is 2. The molecule has 0 heterocycles. The molecule has 10 heteroatoms. The molecule has 0 atom stereocenters. The van der Waals surface area contributed by atoms with Crippen LogP contribution in [0.4, 0.5) is 18.0 Å². The number of nitrogens with one attached hydrogen (secondary N) is 1. The Hall–Kier alpha value is -2.75. The van der Waals surface area contributed by atoms with Gasteiger partial charge in [-0.25, -0.2) is 4.79 Å². The van der Waals surface area contributed by atoms with Crippen LogP contribution >= 0.6 is 0 Å². The molecule has 2 rings (SSSR count). The summed E-state index contributed by atoms with van der Waals surface area (Å²) in [5, 5.41) is 2.80. The Morgan fingerprint density at radius 3 is 2.29 bits per heavy atom. The lowest BCUT2D eigenvalue weighted by Crippen LogP contribution is -2.45. The molecule has 0 aromatic heterocycles. The topological polar surface area (TPSA) is 75.7 Å². The van der Waals surface area contributed by atoms with E-state index in [2.05, 4.69) is 5.32 Å². The second kappa shape index (κ2) is 9.59. The fourth-order valence-electron chi connectivity index (χ4n) is 2.71. The summed E-state index contributed by atoms with van der Waals surface area (Å²) >= 11 is 0. The molecule has 170 valence electrons. The Balaban J connectivity index is 2.24. The minimum absolute atomic E-state index is 0.0546. The zero-order chi connectivity index (χ0) is 23.4. The van der Waals surface area contributed by atoms with E-state index in [0.29, 0.717) is 11.6 Å². The molecule has 2 aromatic carbocycles. The first kappa shape index (κ1) is 24.5. The highest BCUT2D eigenvalue weighted by atomic mass is 32.2. The average Bonchev–Trinajstić information content (AvgIpc) is 2.64. The van der Waals surface area contributed by atoms with E-state index in [-0.39, 0.29) is 30.4 Å². The van der Waals surface area contributed by atoms with Crippen molar-refractivity contribution in [2.75, 3.05) is 0 Å². The minimum Gasteiger partial charge on any atom is -0.379 e. The van der Waals surface area contributed by atoms with Gasteiger partial charge in [0.1, 0.15) is 10.6 Å². The maximum Gasteiger partial charge on any atom is 0.416 e. The van der Waals surface area contributed by atoms with E-state index in [1.165, 1.54) is 12.1 Å². The molecule has 1 N–H and O–H groups in total. The van der Waals surface area contributed by atoms with Gasteiger partial charge in [-0.15, -0.1) is 0 Å². The van der Waals surface area contributed by atoms with Crippen LogP contribution in [0.3, 0.4) is 0 Å². The molecule has 0 aliphatic carbocycles. The van der Waals surface area contributed by atoms with Gasteiger partial charge in [-0.3, -0.25) is 0 Å². The Labute approximate surface area is 180 Å². The van der Waals surface area contributed by atoms with Gasteiger partial charge in [0.25, 0.3) is 0 Å². The van der Waals surface area contributed by atoms with Crippen LogP contribution < -0.4 is 9.50 Å². The van der Waals surface area contributed by atoms with Crippen molar-refractivity contribution in [3.05, 3.63) is 59.7 Å². The van der Waals surface area contributed by atoms with Gasteiger partial charge in [0.05, 0.1) is 5.56 Å². The van der Waals surface area contributed by atoms with Crippen LogP contribution in [0.1, 0.15) is 38.8 Å². The summed E-state index contributed by atoms with van der Waals surface area (Å²) in [4.78, 5) is 13.4. The predicted molar refractivity (Wildman–Crippen MR) is 110 cm³/mol. The number of carbonyl (C=O) groups excluding carboxylic acids is 1. The van der Waals surface area contributed by atoms with Gasteiger partial charge in [0.15, 0.2) is 0 Å². The molecule has 31 heavy (non-hydrogen) atoms. The average molecular weight is 459 g/mol. The number of urea groups is 1.